The van der Waals surface area contributed by atoms with E-state index in [2.05, 4.69) is 15.3 Å². The van der Waals surface area contributed by atoms with E-state index in [9.17, 15) is 4.79 Å². The second kappa shape index (κ2) is 4.94. The molecule has 0 atom stereocenters. The van der Waals surface area contributed by atoms with Gasteiger partial charge in [-0.15, -0.1) is 5.10 Å². The van der Waals surface area contributed by atoms with Gasteiger partial charge in [0, 0.05) is 37.9 Å². The monoisotopic (exact) mass is 296 g/mol. The van der Waals surface area contributed by atoms with Crippen LogP contribution in [0.1, 0.15) is 16.2 Å². The summed E-state index contributed by atoms with van der Waals surface area (Å²) in [6.07, 6.45) is 5.40. The number of aryl methyl sites for hydroxylation is 1. The van der Waals surface area contributed by atoms with Crippen LogP contribution in [0.3, 0.4) is 0 Å². The highest BCUT2D eigenvalue weighted by Gasteiger charge is 2.33. The lowest BCUT2D eigenvalue weighted by molar-refractivity contribution is 0.0452. The van der Waals surface area contributed by atoms with Crippen LogP contribution in [0.5, 0.6) is 0 Å². The van der Waals surface area contributed by atoms with Gasteiger partial charge >= 0.3 is 0 Å². The van der Waals surface area contributed by atoms with E-state index < -0.39 is 0 Å². The summed E-state index contributed by atoms with van der Waals surface area (Å²) in [6.45, 7) is 4.18. The maximum absolute atomic E-state index is 12.7. The topological polar surface area (TPSA) is 68.3 Å². The van der Waals surface area contributed by atoms with E-state index in [1.165, 1.54) is 0 Å². The number of carbonyl (C=O) groups is 1. The van der Waals surface area contributed by atoms with Crippen molar-refractivity contribution in [2.75, 3.05) is 13.1 Å². The summed E-state index contributed by atoms with van der Waals surface area (Å²) in [5.41, 5.74) is 2.24. The average Bonchev–Trinajstić information content (AvgIpc) is 3.07. The zero-order valence-electron chi connectivity index (χ0n) is 12.3. The standard InChI is InChI=1S/C15H16N6O/c1-11-14(21-6-3-2-4-13(21)17-11)15(22)19-8-12(9-19)10-20-7-5-16-18-20/h2-7,12H,8-10H2,1H3. The van der Waals surface area contributed by atoms with Gasteiger partial charge in [-0.05, 0) is 19.1 Å². The molecule has 112 valence electrons. The Kier molecular flexibility index (Phi) is 2.92. The van der Waals surface area contributed by atoms with Crippen molar-refractivity contribution < 1.29 is 4.79 Å². The van der Waals surface area contributed by atoms with Gasteiger partial charge in [0.2, 0.25) is 0 Å². The molecule has 3 aromatic rings. The predicted molar refractivity (Wildman–Crippen MR) is 79.3 cm³/mol. The molecule has 0 saturated carbocycles. The second-order valence-electron chi connectivity index (χ2n) is 5.68. The molecule has 1 saturated heterocycles. The van der Waals surface area contributed by atoms with Gasteiger partial charge < -0.3 is 4.90 Å². The molecule has 0 aliphatic carbocycles. The minimum absolute atomic E-state index is 0.0473. The highest BCUT2D eigenvalue weighted by atomic mass is 16.2. The third kappa shape index (κ3) is 2.05. The summed E-state index contributed by atoms with van der Waals surface area (Å²) in [6, 6.07) is 5.75. The third-order valence-corrected chi connectivity index (χ3v) is 4.07. The Morgan fingerprint density at radius 2 is 2.18 bits per heavy atom. The van der Waals surface area contributed by atoms with Crippen molar-refractivity contribution in [1.82, 2.24) is 29.3 Å². The lowest BCUT2D eigenvalue weighted by Gasteiger charge is -2.39. The van der Waals surface area contributed by atoms with Crippen LogP contribution in [0.2, 0.25) is 0 Å². The number of imidazole rings is 1. The number of hydrogen-bond donors (Lipinski definition) is 0. The largest absolute Gasteiger partial charge is 0.336 e. The Balaban J connectivity index is 1.50. The molecule has 0 N–H and O–H groups in total. The molecule has 1 aliphatic heterocycles. The molecule has 0 spiro atoms. The summed E-state index contributed by atoms with van der Waals surface area (Å²) in [4.78, 5) is 19.0. The van der Waals surface area contributed by atoms with E-state index in [4.69, 9.17) is 0 Å². The second-order valence-corrected chi connectivity index (χ2v) is 5.68. The Labute approximate surface area is 127 Å². The quantitative estimate of drug-likeness (QED) is 0.723. The number of pyridine rings is 1. The minimum atomic E-state index is 0.0473. The normalized spacial score (nSPS) is 15.2. The Morgan fingerprint density at radius 1 is 1.32 bits per heavy atom. The predicted octanol–water partition coefficient (Wildman–Crippen LogP) is 1.01. The molecule has 3 aromatic heterocycles. The fourth-order valence-electron chi connectivity index (χ4n) is 2.97. The third-order valence-electron chi connectivity index (χ3n) is 4.07. The highest BCUT2D eigenvalue weighted by Crippen LogP contribution is 2.22. The van der Waals surface area contributed by atoms with E-state index >= 15 is 0 Å². The van der Waals surface area contributed by atoms with E-state index in [0.29, 0.717) is 11.6 Å². The van der Waals surface area contributed by atoms with Crippen molar-refractivity contribution in [3.63, 3.8) is 0 Å². The molecule has 0 radical (unpaired) electrons. The molecule has 4 rings (SSSR count). The van der Waals surface area contributed by atoms with Crippen molar-refractivity contribution >= 4 is 11.6 Å². The summed E-state index contributed by atoms with van der Waals surface area (Å²) >= 11 is 0. The number of hydrogen-bond acceptors (Lipinski definition) is 4. The van der Waals surface area contributed by atoms with Crippen molar-refractivity contribution in [3.05, 3.63) is 48.2 Å². The van der Waals surface area contributed by atoms with Crippen LogP contribution in [0, 0.1) is 12.8 Å². The molecular formula is C15H16N6O. The number of amides is 1. The van der Waals surface area contributed by atoms with Crippen LogP contribution in [-0.2, 0) is 6.54 Å². The minimum Gasteiger partial charge on any atom is -0.336 e. The van der Waals surface area contributed by atoms with Crippen molar-refractivity contribution in [3.8, 4) is 0 Å². The highest BCUT2D eigenvalue weighted by molar-refractivity contribution is 5.95. The van der Waals surface area contributed by atoms with Crippen LogP contribution < -0.4 is 0 Å². The van der Waals surface area contributed by atoms with E-state index in [-0.39, 0.29) is 5.91 Å². The van der Waals surface area contributed by atoms with Crippen LogP contribution in [0.25, 0.3) is 5.65 Å². The molecule has 1 amide bonds. The van der Waals surface area contributed by atoms with Gasteiger partial charge in [-0.3, -0.25) is 13.9 Å². The lowest BCUT2D eigenvalue weighted by Crippen LogP contribution is -2.51. The molecule has 7 nitrogen and oxygen atoms in total. The maximum Gasteiger partial charge on any atom is 0.272 e. The van der Waals surface area contributed by atoms with Gasteiger partial charge in [0.1, 0.15) is 11.3 Å². The first kappa shape index (κ1) is 13.0. The molecule has 0 aromatic carbocycles. The Hall–Kier alpha value is -2.70. The van der Waals surface area contributed by atoms with Gasteiger partial charge in [-0.1, -0.05) is 11.3 Å². The van der Waals surface area contributed by atoms with Gasteiger partial charge in [0.05, 0.1) is 11.9 Å². The number of carbonyl (C=O) groups excluding carboxylic acids is 1. The lowest BCUT2D eigenvalue weighted by atomic mass is 9.99. The van der Waals surface area contributed by atoms with Gasteiger partial charge in [-0.25, -0.2) is 4.98 Å². The zero-order chi connectivity index (χ0) is 15.1. The molecule has 1 fully saturated rings. The number of aromatic nitrogens is 5. The van der Waals surface area contributed by atoms with Crippen molar-refractivity contribution in [2.45, 2.75) is 13.5 Å². The van der Waals surface area contributed by atoms with E-state index in [1.807, 2.05) is 51.5 Å². The molecule has 0 unspecified atom stereocenters. The van der Waals surface area contributed by atoms with Crippen LogP contribution in [0.4, 0.5) is 0 Å². The maximum atomic E-state index is 12.7. The Morgan fingerprint density at radius 3 is 2.95 bits per heavy atom. The zero-order valence-corrected chi connectivity index (χ0v) is 12.3. The fourth-order valence-corrected chi connectivity index (χ4v) is 2.97. The Bertz CT molecular complexity index is 816. The molecule has 7 heteroatoms. The molecule has 22 heavy (non-hydrogen) atoms. The number of rotatable bonds is 3. The number of fused-ring (bicyclic) bond motifs is 1. The van der Waals surface area contributed by atoms with Gasteiger partial charge in [0.25, 0.3) is 5.91 Å². The van der Waals surface area contributed by atoms with Crippen molar-refractivity contribution in [1.29, 1.82) is 0 Å². The summed E-state index contributed by atoms with van der Waals surface area (Å²) < 4.78 is 3.67. The van der Waals surface area contributed by atoms with E-state index in [0.717, 1.165) is 31.0 Å². The average molecular weight is 296 g/mol. The van der Waals surface area contributed by atoms with Crippen LogP contribution >= 0.6 is 0 Å². The SMILES string of the molecule is Cc1nc2ccccn2c1C(=O)N1CC(Cn2ccnn2)C1. The summed E-state index contributed by atoms with van der Waals surface area (Å²) in [5.74, 6) is 0.483. The summed E-state index contributed by atoms with van der Waals surface area (Å²) in [7, 11) is 0. The molecule has 0 bridgehead atoms. The van der Waals surface area contributed by atoms with Gasteiger partial charge in [0.15, 0.2) is 0 Å². The summed E-state index contributed by atoms with van der Waals surface area (Å²) in [5, 5.41) is 7.76. The number of likely N-dealkylation sites (tertiary alicyclic amines) is 1. The van der Waals surface area contributed by atoms with Gasteiger partial charge in [-0.2, -0.15) is 0 Å². The van der Waals surface area contributed by atoms with Crippen LogP contribution in [0.15, 0.2) is 36.8 Å². The first-order valence-electron chi connectivity index (χ1n) is 7.29. The molecular weight excluding hydrogens is 280 g/mol. The number of nitrogens with zero attached hydrogens (tertiary/aromatic N) is 6. The van der Waals surface area contributed by atoms with Crippen LogP contribution in [-0.4, -0.2) is 48.3 Å². The fraction of sp³-hybridized carbons (Fsp3) is 0.333. The van der Waals surface area contributed by atoms with Crippen molar-refractivity contribution in [2.24, 2.45) is 5.92 Å². The first-order chi connectivity index (χ1) is 10.7. The molecule has 4 heterocycles. The first-order valence-corrected chi connectivity index (χ1v) is 7.29. The smallest absolute Gasteiger partial charge is 0.272 e. The van der Waals surface area contributed by atoms with E-state index in [1.54, 1.807) is 6.20 Å². The molecule has 1 aliphatic rings.